The topological polar surface area (TPSA) is 15.3 Å². The highest BCUT2D eigenvalue weighted by Gasteiger charge is 2.06. The molecule has 1 atom stereocenters. The van der Waals surface area contributed by atoms with Gasteiger partial charge in [-0.25, -0.2) is 0 Å². The van der Waals surface area contributed by atoms with E-state index in [9.17, 15) is 0 Å². The van der Waals surface area contributed by atoms with Crippen molar-refractivity contribution in [2.75, 3.05) is 38.7 Å². The molecule has 0 fully saturated rings. The normalized spacial score (nSPS) is 13.8. The number of nitrogens with one attached hydrogen (secondary N) is 1. The molecule has 0 saturated carbocycles. The number of hydrogen-bond donors (Lipinski definition) is 1. The third-order valence-corrected chi connectivity index (χ3v) is 3.52. The van der Waals surface area contributed by atoms with Crippen LogP contribution in [0, 0.1) is 5.92 Å². The molecule has 0 aliphatic carbocycles. The van der Waals surface area contributed by atoms with Gasteiger partial charge in [-0.15, -0.1) is 0 Å². The lowest BCUT2D eigenvalue weighted by Crippen LogP contribution is -2.37. The monoisotopic (exact) mass is 232 g/mol. The van der Waals surface area contributed by atoms with Gasteiger partial charge in [0.1, 0.15) is 0 Å². The Morgan fingerprint density at radius 1 is 1.20 bits per heavy atom. The molecule has 0 bridgehead atoms. The van der Waals surface area contributed by atoms with Gasteiger partial charge in [0.25, 0.3) is 0 Å². The van der Waals surface area contributed by atoms with Gasteiger partial charge in [-0.05, 0) is 39.1 Å². The molecule has 0 amide bonds. The molecule has 0 aliphatic heterocycles. The summed E-state index contributed by atoms with van der Waals surface area (Å²) in [4.78, 5) is 2.43. The highest BCUT2D eigenvalue weighted by atomic mass is 32.2. The van der Waals surface area contributed by atoms with Crippen LogP contribution < -0.4 is 5.32 Å². The van der Waals surface area contributed by atoms with E-state index in [0.717, 1.165) is 25.6 Å². The second-order valence-corrected chi connectivity index (χ2v) is 5.63. The zero-order valence-electron chi connectivity index (χ0n) is 11.0. The Labute approximate surface area is 100 Å². The predicted molar refractivity (Wildman–Crippen MR) is 72.8 cm³/mol. The molecule has 3 heteroatoms. The lowest BCUT2D eigenvalue weighted by atomic mass is 10.1. The van der Waals surface area contributed by atoms with Gasteiger partial charge in [-0.1, -0.05) is 13.8 Å². The summed E-state index contributed by atoms with van der Waals surface area (Å²) in [6, 6.07) is 0.687. The van der Waals surface area contributed by atoms with E-state index in [1.807, 2.05) is 11.8 Å². The second kappa shape index (κ2) is 9.49. The van der Waals surface area contributed by atoms with Crippen LogP contribution in [-0.2, 0) is 0 Å². The van der Waals surface area contributed by atoms with Gasteiger partial charge < -0.3 is 10.2 Å². The van der Waals surface area contributed by atoms with E-state index in [-0.39, 0.29) is 0 Å². The van der Waals surface area contributed by atoms with Gasteiger partial charge in [0.15, 0.2) is 0 Å². The summed E-state index contributed by atoms with van der Waals surface area (Å²) < 4.78 is 0. The van der Waals surface area contributed by atoms with Crippen LogP contribution in [0.1, 0.15) is 27.2 Å². The van der Waals surface area contributed by atoms with Gasteiger partial charge in [-0.2, -0.15) is 11.8 Å². The number of likely N-dealkylation sites (N-methyl/N-ethyl adjacent to an activating group) is 1. The fourth-order valence-corrected chi connectivity index (χ4v) is 2.10. The van der Waals surface area contributed by atoms with Gasteiger partial charge in [-0.3, -0.25) is 0 Å². The third-order valence-electron chi connectivity index (χ3n) is 2.70. The summed E-state index contributed by atoms with van der Waals surface area (Å²) >= 11 is 1.92. The van der Waals surface area contributed by atoms with E-state index in [1.54, 1.807) is 0 Å². The molecule has 0 aromatic carbocycles. The Hall–Kier alpha value is 0.270. The first-order valence-corrected chi connectivity index (χ1v) is 7.37. The first-order valence-electron chi connectivity index (χ1n) is 5.97. The quantitative estimate of drug-likeness (QED) is 0.614. The lowest BCUT2D eigenvalue weighted by molar-refractivity contribution is 0.276. The Balaban J connectivity index is 3.34. The molecule has 1 unspecified atom stereocenters. The minimum Gasteiger partial charge on any atom is -0.315 e. The minimum absolute atomic E-state index is 0.687. The van der Waals surface area contributed by atoms with Crippen molar-refractivity contribution in [2.24, 2.45) is 5.92 Å². The fourth-order valence-electron chi connectivity index (χ4n) is 1.36. The van der Waals surface area contributed by atoms with Crippen LogP contribution in [0.15, 0.2) is 0 Å². The molecule has 0 rings (SSSR count). The number of hydrogen-bond acceptors (Lipinski definition) is 3. The molecule has 0 saturated heterocycles. The molecule has 0 aromatic rings. The Kier molecular flexibility index (Phi) is 9.66. The van der Waals surface area contributed by atoms with Crippen molar-refractivity contribution in [1.82, 2.24) is 10.2 Å². The standard InChI is InChI=1S/C12H28N2S/c1-11(2)6-7-13-8-9-14(4)12(3)10-15-5/h11-13H,6-10H2,1-5H3. The van der Waals surface area contributed by atoms with E-state index >= 15 is 0 Å². The largest absolute Gasteiger partial charge is 0.315 e. The maximum absolute atomic E-state index is 3.50. The molecule has 0 heterocycles. The zero-order valence-corrected chi connectivity index (χ0v) is 11.9. The van der Waals surface area contributed by atoms with E-state index in [2.05, 4.69) is 44.3 Å². The summed E-state index contributed by atoms with van der Waals surface area (Å²) in [7, 11) is 2.21. The molecular weight excluding hydrogens is 204 g/mol. The molecule has 0 radical (unpaired) electrons. The smallest absolute Gasteiger partial charge is 0.0155 e. The molecule has 92 valence electrons. The summed E-state index contributed by atoms with van der Waals surface area (Å²) in [6.07, 6.45) is 3.45. The molecule has 0 aliphatic rings. The molecule has 2 nitrogen and oxygen atoms in total. The summed E-state index contributed by atoms with van der Waals surface area (Å²) in [5, 5.41) is 3.50. The van der Waals surface area contributed by atoms with E-state index in [0.29, 0.717) is 6.04 Å². The zero-order chi connectivity index (χ0) is 11.7. The summed E-state index contributed by atoms with van der Waals surface area (Å²) in [6.45, 7) is 10.3. The van der Waals surface area contributed by atoms with Crippen LogP contribution in [-0.4, -0.2) is 49.6 Å². The minimum atomic E-state index is 0.687. The van der Waals surface area contributed by atoms with Gasteiger partial charge in [0, 0.05) is 24.9 Å². The average Bonchev–Trinajstić information content (AvgIpc) is 2.16. The van der Waals surface area contributed by atoms with Crippen LogP contribution in [0.2, 0.25) is 0 Å². The van der Waals surface area contributed by atoms with Crippen LogP contribution >= 0.6 is 11.8 Å². The van der Waals surface area contributed by atoms with E-state index < -0.39 is 0 Å². The van der Waals surface area contributed by atoms with Crippen LogP contribution in [0.5, 0.6) is 0 Å². The maximum Gasteiger partial charge on any atom is 0.0155 e. The van der Waals surface area contributed by atoms with Crippen molar-refractivity contribution in [3.8, 4) is 0 Å². The number of nitrogens with zero attached hydrogens (tertiary/aromatic N) is 1. The Bertz CT molecular complexity index is 140. The molecular formula is C12H28N2S. The van der Waals surface area contributed by atoms with Crippen LogP contribution in [0.25, 0.3) is 0 Å². The van der Waals surface area contributed by atoms with Crippen molar-refractivity contribution in [3.63, 3.8) is 0 Å². The summed E-state index contributed by atoms with van der Waals surface area (Å²) in [5.41, 5.74) is 0. The van der Waals surface area contributed by atoms with E-state index in [4.69, 9.17) is 0 Å². The average molecular weight is 232 g/mol. The maximum atomic E-state index is 3.50. The van der Waals surface area contributed by atoms with Gasteiger partial charge >= 0.3 is 0 Å². The second-order valence-electron chi connectivity index (χ2n) is 4.72. The molecule has 15 heavy (non-hydrogen) atoms. The molecule has 0 spiro atoms. The highest BCUT2D eigenvalue weighted by molar-refractivity contribution is 7.98. The van der Waals surface area contributed by atoms with Crippen LogP contribution in [0.4, 0.5) is 0 Å². The van der Waals surface area contributed by atoms with Crippen molar-refractivity contribution < 1.29 is 0 Å². The number of thioether (sulfide) groups is 1. The fraction of sp³-hybridized carbons (Fsp3) is 1.00. The van der Waals surface area contributed by atoms with Crippen molar-refractivity contribution >= 4 is 11.8 Å². The van der Waals surface area contributed by atoms with Crippen molar-refractivity contribution in [2.45, 2.75) is 33.2 Å². The van der Waals surface area contributed by atoms with Crippen molar-refractivity contribution in [1.29, 1.82) is 0 Å². The van der Waals surface area contributed by atoms with Gasteiger partial charge in [0.05, 0.1) is 0 Å². The molecule has 0 aromatic heterocycles. The number of rotatable bonds is 9. The van der Waals surface area contributed by atoms with Crippen LogP contribution in [0.3, 0.4) is 0 Å². The Morgan fingerprint density at radius 3 is 2.40 bits per heavy atom. The third kappa shape index (κ3) is 9.21. The Morgan fingerprint density at radius 2 is 1.87 bits per heavy atom. The van der Waals surface area contributed by atoms with Crippen molar-refractivity contribution in [3.05, 3.63) is 0 Å². The predicted octanol–water partition coefficient (Wildman–Crippen LogP) is 2.31. The first-order chi connectivity index (χ1) is 7.07. The lowest BCUT2D eigenvalue weighted by Gasteiger charge is -2.24. The highest BCUT2D eigenvalue weighted by Crippen LogP contribution is 2.02. The first kappa shape index (κ1) is 15.3. The molecule has 1 N–H and O–H groups in total. The van der Waals surface area contributed by atoms with E-state index in [1.165, 1.54) is 12.2 Å². The SMILES string of the molecule is CSCC(C)N(C)CCNCCC(C)C. The summed E-state index contributed by atoms with van der Waals surface area (Å²) in [5.74, 6) is 2.04. The van der Waals surface area contributed by atoms with Gasteiger partial charge in [0.2, 0.25) is 0 Å².